The first kappa shape index (κ1) is 15.8. The highest BCUT2D eigenvalue weighted by Gasteiger charge is 2.44. The zero-order chi connectivity index (χ0) is 18.0. The largest absolute Gasteiger partial charge is 0.364 e. The number of benzene rings is 2. The summed E-state index contributed by atoms with van der Waals surface area (Å²) in [6.45, 7) is 9.50. The van der Waals surface area contributed by atoms with Crippen LogP contribution in [0.3, 0.4) is 0 Å². The average molecular weight is 345 g/mol. The van der Waals surface area contributed by atoms with Crippen molar-refractivity contribution in [2.45, 2.75) is 52.9 Å². The summed E-state index contributed by atoms with van der Waals surface area (Å²) in [5.74, 6) is 0. The molecule has 3 aromatic rings. The van der Waals surface area contributed by atoms with E-state index >= 15 is 0 Å². The van der Waals surface area contributed by atoms with Gasteiger partial charge in [-0.25, -0.2) is 4.57 Å². The lowest BCUT2D eigenvalue weighted by Gasteiger charge is -2.24. The zero-order valence-corrected chi connectivity index (χ0v) is 15.9. The van der Waals surface area contributed by atoms with Gasteiger partial charge in [-0.2, -0.15) is 4.57 Å². The van der Waals surface area contributed by atoms with Gasteiger partial charge < -0.3 is 4.74 Å². The minimum absolute atomic E-state index is 0.250. The molecular weight excluding hydrogens is 320 g/mol. The van der Waals surface area contributed by atoms with Gasteiger partial charge in [0.1, 0.15) is 18.4 Å². The molecule has 0 spiro atoms. The SMILES string of the molecule is Cc1cc(C)c(-n2c[n+]3c(c2C)CO[C@H]2Cc4ccccc4[C@H]23)c(C)c1. The van der Waals surface area contributed by atoms with Crippen molar-refractivity contribution >= 4 is 0 Å². The van der Waals surface area contributed by atoms with E-state index in [1.807, 2.05) is 0 Å². The highest BCUT2D eigenvalue weighted by molar-refractivity contribution is 5.50. The van der Waals surface area contributed by atoms with E-state index in [4.69, 9.17) is 4.74 Å². The minimum Gasteiger partial charge on any atom is -0.364 e. The summed E-state index contributed by atoms with van der Waals surface area (Å²) < 4.78 is 11.1. The third kappa shape index (κ3) is 2.13. The van der Waals surface area contributed by atoms with E-state index in [1.54, 1.807) is 0 Å². The Labute approximate surface area is 154 Å². The normalized spacial score (nSPS) is 20.6. The molecule has 0 N–H and O–H groups in total. The number of ether oxygens (including phenoxy) is 1. The van der Waals surface area contributed by atoms with Crippen molar-refractivity contribution in [3.05, 3.63) is 81.9 Å². The van der Waals surface area contributed by atoms with Crippen LogP contribution in [0.5, 0.6) is 0 Å². The number of fused-ring (bicyclic) bond motifs is 5. The molecule has 2 heterocycles. The van der Waals surface area contributed by atoms with E-state index in [9.17, 15) is 0 Å². The summed E-state index contributed by atoms with van der Waals surface area (Å²) in [5.41, 5.74) is 10.7. The molecule has 0 radical (unpaired) electrons. The highest BCUT2D eigenvalue weighted by atomic mass is 16.5. The van der Waals surface area contributed by atoms with E-state index in [0.717, 1.165) is 6.42 Å². The zero-order valence-electron chi connectivity index (χ0n) is 15.9. The first-order chi connectivity index (χ1) is 12.5. The molecule has 0 bridgehead atoms. The van der Waals surface area contributed by atoms with Crippen LogP contribution in [0.15, 0.2) is 42.7 Å². The van der Waals surface area contributed by atoms with Gasteiger partial charge in [0.2, 0.25) is 6.33 Å². The van der Waals surface area contributed by atoms with E-state index in [1.165, 1.54) is 44.9 Å². The Bertz CT molecular complexity index is 1010. The van der Waals surface area contributed by atoms with Gasteiger partial charge in [-0.05, 0) is 37.5 Å². The van der Waals surface area contributed by atoms with Gasteiger partial charge in [0.05, 0.1) is 0 Å². The van der Waals surface area contributed by atoms with Crippen LogP contribution >= 0.6 is 0 Å². The Balaban J connectivity index is 1.70. The fourth-order valence-electron chi connectivity index (χ4n) is 5.01. The molecule has 26 heavy (non-hydrogen) atoms. The van der Waals surface area contributed by atoms with E-state index in [2.05, 4.69) is 79.6 Å². The molecule has 0 fully saturated rings. The van der Waals surface area contributed by atoms with Crippen LogP contribution in [0.2, 0.25) is 0 Å². The smallest absolute Gasteiger partial charge is 0.250 e. The Morgan fingerprint density at radius 3 is 2.54 bits per heavy atom. The maximum atomic E-state index is 6.29. The predicted octanol–water partition coefficient (Wildman–Crippen LogP) is 4.04. The molecule has 2 atom stereocenters. The van der Waals surface area contributed by atoms with Crippen molar-refractivity contribution in [3.8, 4) is 5.69 Å². The Kier molecular flexibility index (Phi) is 3.38. The van der Waals surface area contributed by atoms with Crippen LogP contribution in [0, 0.1) is 27.7 Å². The molecule has 1 aliphatic carbocycles. The van der Waals surface area contributed by atoms with Crippen LogP contribution in [0.25, 0.3) is 5.69 Å². The number of imidazole rings is 1. The molecule has 2 aromatic carbocycles. The molecule has 3 nitrogen and oxygen atoms in total. The molecule has 3 heteroatoms. The summed E-state index contributed by atoms with van der Waals surface area (Å²) in [7, 11) is 0. The Morgan fingerprint density at radius 2 is 1.77 bits per heavy atom. The molecule has 0 saturated heterocycles. The topological polar surface area (TPSA) is 18.0 Å². The van der Waals surface area contributed by atoms with Gasteiger partial charge in [0.25, 0.3) is 0 Å². The average Bonchev–Trinajstić information content (AvgIpc) is 3.12. The fourth-order valence-corrected chi connectivity index (χ4v) is 5.01. The summed E-state index contributed by atoms with van der Waals surface area (Å²) in [6.07, 6.45) is 3.57. The van der Waals surface area contributed by atoms with Gasteiger partial charge in [0, 0.05) is 18.9 Å². The summed E-state index contributed by atoms with van der Waals surface area (Å²) in [4.78, 5) is 0. The number of aryl methyl sites for hydroxylation is 3. The van der Waals surface area contributed by atoms with Crippen LogP contribution in [-0.4, -0.2) is 10.7 Å². The van der Waals surface area contributed by atoms with Crippen molar-refractivity contribution in [1.82, 2.24) is 4.57 Å². The molecular formula is C23H25N2O+. The van der Waals surface area contributed by atoms with Crippen LogP contribution < -0.4 is 4.57 Å². The molecule has 0 amide bonds. The Morgan fingerprint density at radius 1 is 1.04 bits per heavy atom. The monoisotopic (exact) mass is 345 g/mol. The van der Waals surface area contributed by atoms with Crippen molar-refractivity contribution < 1.29 is 9.30 Å². The lowest BCUT2D eigenvalue weighted by Crippen LogP contribution is -2.51. The summed E-state index contributed by atoms with van der Waals surface area (Å²) in [6, 6.07) is 13.6. The standard InChI is InChI=1S/C23H25N2O/c1-14-9-15(2)22(16(3)10-14)24-13-25-20(17(24)4)12-26-21-11-18-7-5-6-8-19(18)23(21)25/h5-10,13,21,23H,11-12H2,1-4H3/q+1/t21-,23+/m0/s1. The number of aromatic nitrogens is 2. The van der Waals surface area contributed by atoms with E-state index < -0.39 is 0 Å². The van der Waals surface area contributed by atoms with E-state index in [-0.39, 0.29) is 6.10 Å². The number of rotatable bonds is 1. The van der Waals surface area contributed by atoms with Crippen molar-refractivity contribution in [3.63, 3.8) is 0 Å². The van der Waals surface area contributed by atoms with E-state index in [0.29, 0.717) is 12.6 Å². The fraction of sp³-hybridized carbons (Fsp3) is 0.348. The Hall–Kier alpha value is -2.39. The quantitative estimate of drug-likeness (QED) is 0.609. The minimum atomic E-state index is 0.250. The van der Waals surface area contributed by atoms with Crippen molar-refractivity contribution in [1.29, 1.82) is 0 Å². The van der Waals surface area contributed by atoms with Gasteiger partial charge in [-0.1, -0.05) is 42.0 Å². The second kappa shape index (κ2) is 5.55. The highest BCUT2D eigenvalue weighted by Crippen LogP contribution is 2.37. The van der Waals surface area contributed by atoms with Crippen LogP contribution in [-0.2, 0) is 17.8 Å². The second-order valence-electron chi connectivity index (χ2n) is 7.87. The molecule has 132 valence electrons. The third-order valence-electron chi connectivity index (χ3n) is 6.09. The predicted molar refractivity (Wildman–Crippen MR) is 102 cm³/mol. The van der Waals surface area contributed by atoms with Crippen LogP contribution in [0.1, 0.15) is 45.2 Å². The van der Waals surface area contributed by atoms with Crippen molar-refractivity contribution in [2.75, 3.05) is 0 Å². The first-order valence-electron chi connectivity index (χ1n) is 9.44. The van der Waals surface area contributed by atoms with Gasteiger partial charge in [-0.15, -0.1) is 0 Å². The number of hydrogen-bond acceptors (Lipinski definition) is 1. The summed E-state index contributed by atoms with van der Waals surface area (Å²) >= 11 is 0. The van der Waals surface area contributed by atoms with Gasteiger partial charge in [0.15, 0.2) is 17.4 Å². The molecule has 1 aliphatic heterocycles. The van der Waals surface area contributed by atoms with Crippen molar-refractivity contribution in [2.24, 2.45) is 0 Å². The molecule has 0 unspecified atom stereocenters. The summed E-state index contributed by atoms with van der Waals surface area (Å²) in [5, 5.41) is 0. The molecule has 1 aromatic heterocycles. The lowest BCUT2D eigenvalue weighted by atomic mass is 10.0. The second-order valence-corrected chi connectivity index (χ2v) is 7.87. The van der Waals surface area contributed by atoms with Crippen LogP contribution in [0.4, 0.5) is 0 Å². The van der Waals surface area contributed by atoms with Gasteiger partial charge in [-0.3, -0.25) is 0 Å². The number of nitrogens with zero attached hydrogens (tertiary/aromatic N) is 2. The lowest BCUT2D eigenvalue weighted by molar-refractivity contribution is -0.738. The maximum Gasteiger partial charge on any atom is 0.250 e. The number of hydrogen-bond donors (Lipinski definition) is 0. The molecule has 0 saturated carbocycles. The van der Waals surface area contributed by atoms with Gasteiger partial charge >= 0.3 is 0 Å². The molecule has 5 rings (SSSR count). The third-order valence-corrected chi connectivity index (χ3v) is 6.09. The first-order valence-corrected chi connectivity index (χ1v) is 9.44. The maximum absolute atomic E-state index is 6.29. The molecule has 2 aliphatic rings.